The van der Waals surface area contributed by atoms with Gasteiger partial charge < -0.3 is 9.47 Å². The number of carbonyl (C=O) groups excluding carboxylic acids is 1. The topological polar surface area (TPSA) is 25.2 Å². The normalized spacial score (nSPS) is 10.9. The number of amides is 1. The van der Waals surface area contributed by atoms with Gasteiger partial charge in [-0.25, -0.2) is 0 Å². The van der Waals surface area contributed by atoms with Crippen molar-refractivity contribution in [2.24, 2.45) is 7.05 Å². The lowest BCUT2D eigenvalue weighted by Gasteiger charge is -2.11. The molecule has 0 atom stereocenters. The number of aryl methyl sites for hydroxylation is 2. The number of carbonyl (C=O) groups is 1. The largest absolute Gasteiger partial charge is 0.345 e. The van der Waals surface area contributed by atoms with Gasteiger partial charge in [0.1, 0.15) is 0 Å². The molecule has 1 amide bonds. The highest BCUT2D eigenvalue weighted by Crippen LogP contribution is 2.28. The van der Waals surface area contributed by atoms with E-state index in [0.29, 0.717) is 5.56 Å². The summed E-state index contributed by atoms with van der Waals surface area (Å²) in [5, 5.41) is 1.22. The minimum atomic E-state index is 0.0245. The Hall–Kier alpha value is -2.55. The molecule has 1 heterocycles. The molecule has 0 spiro atoms. The molecule has 0 N–H and O–H groups in total. The van der Waals surface area contributed by atoms with Crippen LogP contribution in [0.2, 0.25) is 0 Å². The van der Waals surface area contributed by atoms with E-state index < -0.39 is 0 Å². The van der Waals surface area contributed by atoms with E-state index in [1.54, 1.807) is 19.0 Å². The summed E-state index contributed by atoms with van der Waals surface area (Å²) in [6.45, 7) is 2.10. The zero-order chi connectivity index (χ0) is 15.9. The van der Waals surface area contributed by atoms with Gasteiger partial charge in [-0.1, -0.05) is 23.8 Å². The van der Waals surface area contributed by atoms with E-state index in [2.05, 4.69) is 42.8 Å². The summed E-state index contributed by atoms with van der Waals surface area (Å²) in [6.07, 6.45) is 0. The summed E-state index contributed by atoms with van der Waals surface area (Å²) >= 11 is 0. The van der Waals surface area contributed by atoms with E-state index in [0.717, 1.165) is 11.3 Å². The molecule has 0 fully saturated rings. The van der Waals surface area contributed by atoms with Crippen molar-refractivity contribution in [3.8, 4) is 11.3 Å². The van der Waals surface area contributed by atoms with Crippen LogP contribution in [0.15, 0.2) is 48.5 Å². The number of hydrogen-bond acceptors (Lipinski definition) is 1. The molecule has 3 nitrogen and oxygen atoms in total. The molecule has 0 aliphatic heterocycles. The first-order valence-corrected chi connectivity index (χ1v) is 7.35. The Morgan fingerprint density at radius 1 is 1.05 bits per heavy atom. The third-order valence-corrected chi connectivity index (χ3v) is 4.01. The highest BCUT2D eigenvalue weighted by Gasteiger charge is 2.12. The highest BCUT2D eigenvalue weighted by atomic mass is 16.2. The smallest absolute Gasteiger partial charge is 0.253 e. The third-order valence-electron chi connectivity index (χ3n) is 4.01. The molecule has 0 aliphatic carbocycles. The Labute approximate surface area is 130 Å². The summed E-state index contributed by atoms with van der Waals surface area (Å²) in [4.78, 5) is 13.7. The lowest BCUT2D eigenvalue weighted by atomic mass is 10.1. The van der Waals surface area contributed by atoms with Crippen molar-refractivity contribution in [3.05, 3.63) is 59.7 Å². The lowest BCUT2D eigenvalue weighted by molar-refractivity contribution is 0.0827. The Balaban J connectivity index is 2.13. The van der Waals surface area contributed by atoms with Gasteiger partial charge in [-0.15, -0.1) is 0 Å². The molecule has 3 rings (SSSR count). The fourth-order valence-electron chi connectivity index (χ4n) is 2.82. The van der Waals surface area contributed by atoms with E-state index in [-0.39, 0.29) is 5.91 Å². The fourth-order valence-corrected chi connectivity index (χ4v) is 2.82. The maximum Gasteiger partial charge on any atom is 0.253 e. The number of hydrogen-bond donors (Lipinski definition) is 0. The number of aromatic nitrogens is 1. The van der Waals surface area contributed by atoms with Gasteiger partial charge in [-0.2, -0.15) is 0 Å². The van der Waals surface area contributed by atoms with Gasteiger partial charge in [0, 0.05) is 43.3 Å². The second-order valence-corrected chi connectivity index (χ2v) is 5.93. The van der Waals surface area contributed by atoms with Crippen molar-refractivity contribution in [2.75, 3.05) is 14.1 Å². The van der Waals surface area contributed by atoms with Crippen LogP contribution in [0.3, 0.4) is 0 Å². The average molecular weight is 292 g/mol. The van der Waals surface area contributed by atoms with E-state index >= 15 is 0 Å². The van der Waals surface area contributed by atoms with Crippen LogP contribution in [0.25, 0.3) is 22.2 Å². The SMILES string of the molecule is Cc1ccc2c(c1)cc(-c1cccc(C(=O)N(C)C)c1)n2C. The van der Waals surface area contributed by atoms with E-state index in [4.69, 9.17) is 0 Å². The van der Waals surface area contributed by atoms with E-state index in [1.165, 1.54) is 16.5 Å². The molecule has 1 aromatic heterocycles. The van der Waals surface area contributed by atoms with Crippen molar-refractivity contribution >= 4 is 16.8 Å². The molecule has 0 saturated carbocycles. The number of nitrogens with zero attached hydrogens (tertiary/aromatic N) is 2. The molecule has 2 aromatic carbocycles. The monoisotopic (exact) mass is 292 g/mol. The Kier molecular flexibility index (Phi) is 3.49. The van der Waals surface area contributed by atoms with Gasteiger partial charge in [-0.05, 0) is 42.8 Å². The van der Waals surface area contributed by atoms with Crippen molar-refractivity contribution in [1.82, 2.24) is 9.47 Å². The van der Waals surface area contributed by atoms with Gasteiger partial charge in [0.25, 0.3) is 5.91 Å². The van der Waals surface area contributed by atoms with Crippen molar-refractivity contribution < 1.29 is 4.79 Å². The molecule has 0 unspecified atom stereocenters. The maximum atomic E-state index is 12.1. The predicted octanol–water partition coefficient (Wildman–Crippen LogP) is 3.86. The molecular weight excluding hydrogens is 272 g/mol. The van der Waals surface area contributed by atoms with Crippen LogP contribution in [0, 0.1) is 6.92 Å². The molecule has 22 heavy (non-hydrogen) atoms. The van der Waals surface area contributed by atoms with Gasteiger partial charge >= 0.3 is 0 Å². The first-order chi connectivity index (χ1) is 10.5. The molecule has 112 valence electrons. The van der Waals surface area contributed by atoms with Crippen LogP contribution in [-0.4, -0.2) is 29.5 Å². The zero-order valence-electron chi connectivity index (χ0n) is 13.4. The minimum absolute atomic E-state index is 0.0245. The molecule has 3 aromatic rings. The molecular formula is C19H20N2O. The minimum Gasteiger partial charge on any atom is -0.345 e. The number of rotatable bonds is 2. The quantitative estimate of drug-likeness (QED) is 0.704. The second kappa shape index (κ2) is 5.34. The second-order valence-electron chi connectivity index (χ2n) is 5.93. The predicted molar refractivity (Wildman–Crippen MR) is 91.1 cm³/mol. The van der Waals surface area contributed by atoms with Gasteiger partial charge in [0.05, 0.1) is 0 Å². The summed E-state index contributed by atoms with van der Waals surface area (Å²) in [5.41, 5.74) is 5.34. The van der Waals surface area contributed by atoms with Gasteiger partial charge in [-0.3, -0.25) is 4.79 Å². The van der Waals surface area contributed by atoms with Crippen molar-refractivity contribution in [1.29, 1.82) is 0 Å². The van der Waals surface area contributed by atoms with Crippen molar-refractivity contribution in [2.45, 2.75) is 6.92 Å². The van der Waals surface area contributed by atoms with Crippen LogP contribution in [0.4, 0.5) is 0 Å². The standard InChI is InChI=1S/C19H20N2O/c1-13-8-9-17-16(10-13)12-18(21(17)4)14-6-5-7-15(11-14)19(22)20(2)3/h5-12H,1-4H3. The molecule has 0 saturated heterocycles. The van der Waals surface area contributed by atoms with Gasteiger partial charge in [0.15, 0.2) is 0 Å². The van der Waals surface area contributed by atoms with E-state index in [1.807, 2.05) is 24.3 Å². The first-order valence-electron chi connectivity index (χ1n) is 7.35. The van der Waals surface area contributed by atoms with Crippen LogP contribution < -0.4 is 0 Å². The van der Waals surface area contributed by atoms with E-state index in [9.17, 15) is 4.79 Å². The highest BCUT2D eigenvalue weighted by molar-refractivity contribution is 5.95. The first kappa shape index (κ1) is 14.4. The Bertz CT molecular complexity index is 859. The Morgan fingerprint density at radius 2 is 1.82 bits per heavy atom. The molecule has 0 bridgehead atoms. The zero-order valence-corrected chi connectivity index (χ0v) is 13.4. The summed E-state index contributed by atoms with van der Waals surface area (Å²) < 4.78 is 2.17. The van der Waals surface area contributed by atoms with Crippen LogP contribution in [-0.2, 0) is 7.05 Å². The Morgan fingerprint density at radius 3 is 2.55 bits per heavy atom. The molecule has 0 aliphatic rings. The molecule has 3 heteroatoms. The maximum absolute atomic E-state index is 12.1. The number of fused-ring (bicyclic) bond motifs is 1. The van der Waals surface area contributed by atoms with Gasteiger partial charge in [0.2, 0.25) is 0 Å². The fraction of sp³-hybridized carbons (Fsp3) is 0.211. The van der Waals surface area contributed by atoms with Crippen LogP contribution in [0.5, 0.6) is 0 Å². The van der Waals surface area contributed by atoms with Crippen LogP contribution in [0.1, 0.15) is 15.9 Å². The van der Waals surface area contributed by atoms with Crippen molar-refractivity contribution in [3.63, 3.8) is 0 Å². The molecule has 0 radical (unpaired) electrons. The summed E-state index contributed by atoms with van der Waals surface area (Å²) in [6, 6.07) is 16.4. The number of benzene rings is 2. The summed E-state index contributed by atoms with van der Waals surface area (Å²) in [5.74, 6) is 0.0245. The average Bonchev–Trinajstić information content (AvgIpc) is 2.83. The summed E-state index contributed by atoms with van der Waals surface area (Å²) in [7, 11) is 5.61. The van der Waals surface area contributed by atoms with Crippen LogP contribution >= 0.6 is 0 Å². The third kappa shape index (κ3) is 2.39. The lowest BCUT2D eigenvalue weighted by Crippen LogP contribution is -2.21.